The molecule has 0 unspecified atom stereocenters. The maximum atomic E-state index is 14.3. The van der Waals surface area contributed by atoms with E-state index in [4.69, 9.17) is 4.74 Å². The molecule has 5 rings (SSSR count). The third kappa shape index (κ3) is 7.02. The number of aliphatic hydroxyl groups excluding tert-OH is 1. The van der Waals surface area contributed by atoms with Crippen LogP contribution in [0.4, 0.5) is 4.79 Å². The molecule has 6 nitrogen and oxygen atoms in total. The lowest BCUT2D eigenvalue weighted by Gasteiger charge is -2.26. The standard InChI is InChI=1S/C37H44N2O4/c1-6-11-25-12-8-7-9-13-28(20-25)31-14-10-15-34(33(31)24-40)39-30(23-38(5)36(42)43-37(2,3)4)22-29-21-27(26-16-17-26)18-19-32(29)35(39)41/h9-10,12-15,18-22,26,40H,6-8,11,16-17,23-24H2,1-5H3/b13-9+,25-12-,28-20+. The van der Waals surface area contributed by atoms with Crippen LogP contribution < -0.4 is 5.56 Å². The molecule has 2 aromatic carbocycles. The minimum atomic E-state index is -0.643. The molecule has 0 spiro atoms. The molecule has 0 bridgehead atoms. The fourth-order valence-electron chi connectivity index (χ4n) is 5.82. The molecular weight excluding hydrogens is 536 g/mol. The van der Waals surface area contributed by atoms with Gasteiger partial charge < -0.3 is 14.7 Å². The Kier molecular flexibility index (Phi) is 9.07. The molecule has 6 heteroatoms. The van der Waals surface area contributed by atoms with Crippen LogP contribution in [0.2, 0.25) is 0 Å². The van der Waals surface area contributed by atoms with Crippen LogP contribution in [0.15, 0.2) is 77.1 Å². The summed E-state index contributed by atoms with van der Waals surface area (Å²) < 4.78 is 7.30. The van der Waals surface area contributed by atoms with E-state index in [1.54, 1.807) is 11.6 Å². The lowest BCUT2D eigenvalue weighted by Crippen LogP contribution is -2.35. The number of hydrogen-bond donors (Lipinski definition) is 1. The minimum absolute atomic E-state index is 0.162. The number of ether oxygens (including phenoxy) is 1. The predicted molar refractivity (Wildman–Crippen MR) is 174 cm³/mol. The van der Waals surface area contributed by atoms with E-state index in [1.807, 2.05) is 51.1 Å². The number of rotatable bonds is 8. The van der Waals surface area contributed by atoms with Crippen LogP contribution in [0.25, 0.3) is 22.0 Å². The molecule has 1 N–H and O–H groups in total. The Labute approximate surface area is 255 Å². The van der Waals surface area contributed by atoms with Gasteiger partial charge in [0.15, 0.2) is 0 Å². The van der Waals surface area contributed by atoms with Gasteiger partial charge in [0.05, 0.1) is 18.8 Å². The summed E-state index contributed by atoms with van der Waals surface area (Å²) in [5.74, 6) is 0.550. The summed E-state index contributed by atoms with van der Waals surface area (Å²) in [6.45, 7) is 7.61. The molecule has 1 fully saturated rings. The molecule has 2 aliphatic rings. The van der Waals surface area contributed by atoms with Crippen LogP contribution in [0.3, 0.4) is 0 Å². The molecule has 43 heavy (non-hydrogen) atoms. The van der Waals surface area contributed by atoms with Gasteiger partial charge >= 0.3 is 6.09 Å². The van der Waals surface area contributed by atoms with Gasteiger partial charge in [-0.2, -0.15) is 0 Å². The summed E-state index contributed by atoms with van der Waals surface area (Å²) in [7, 11) is 1.68. The van der Waals surface area contributed by atoms with Crippen molar-refractivity contribution in [1.82, 2.24) is 9.47 Å². The molecule has 1 heterocycles. The molecule has 0 aliphatic heterocycles. The molecule has 226 valence electrons. The van der Waals surface area contributed by atoms with Gasteiger partial charge in [-0.1, -0.05) is 67.5 Å². The maximum Gasteiger partial charge on any atom is 0.410 e. The Balaban J connectivity index is 1.69. The number of benzene rings is 2. The third-order valence-electron chi connectivity index (χ3n) is 8.05. The zero-order valence-corrected chi connectivity index (χ0v) is 26.2. The van der Waals surface area contributed by atoms with E-state index < -0.39 is 11.7 Å². The number of amides is 1. The third-order valence-corrected chi connectivity index (χ3v) is 8.05. The highest BCUT2D eigenvalue weighted by molar-refractivity contribution is 5.84. The summed E-state index contributed by atoms with van der Waals surface area (Å²) in [6.07, 6.45) is 14.7. The van der Waals surface area contributed by atoms with Gasteiger partial charge in [-0.15, -0.1) is 0 Å². The van der Waals surface area contributed by atoms with Crippen LogP contribution in [0.5, 0.6) is 0 Å². The van der Waals surface area contributed by atoms with E-state index in [1.165, 1.54) is 28.9 Å². The summed E-state index contributed by atoms with van der Waals surface area (Å²) >= 11 is 0. The molecular formula is C37H44N2O4. The van der Waals surface area contributed by atoms with E-state index in [-0.39, 0.29) is 18.7 Å². The zero-order chi connectivity index (χ0) is 30.7. The molecule has 1 aromatic heterocycles. The quantitative estimate of drug-likeness (QED) is 0.292. The monoisotopic (exact) mass is 580 g/mol. The Bertz CT molecular complexity index is 1660. The van der Waals surface area contributed by atoms with Crippen molar-refractivity contribution in [3.05, 3.63) is 105 Å². The highest BCUT2D eigenvalue weighted by atomic mass is 16.6. The minimum Gasteiger partial charge on any atom is -0.444 e. The smallest absolute Gasteiger partial charge is 0.410 e. The lowest BCUT2D eigenvalue weighted by molar-refractivity contribution is 0.0282. The number of nitrogens with zero attached hydrogens (tertiary/aromatic N) is 2. The molecule has 0 radical (unpaired) electrons. The number of pyridine rings is 1. The van der Waals surface area contributed by atoms with Crippen molar-refractivity contribution in [3.63, 3.8) is 0 Å². The normalized spacial score (nSPS) is 18.7. The van der Waals surface area contributed by atoms with E-state index in [0.29, 0.717) is 28.2 Å². The van der Waals surface area contributed by atoms with E-state index in [0.717, 1.165) is 42.2 Å². The van der Waals surface area contributed by atoms with Gasteiger partial charge in [-0.05, 0) is 99.1 Å². The van der Waals surface area contributed by atoms with Gasteiger partial charge in [0.1, 0.15) is 5.60 Å². The topological polar surface area (TPSA) is 71.8 Å². The molecule has 2 aliphatic carbocycles. The first kappa shape index (κ1) is 30.6. The van der Waals surface area contributed by atoms with E-state index in [2.05, 4.69) is 43.4 Å². The number of aliphatic hydroxyl groups is 1. The van der Waals surface area contributed by atoms with Crippen LogP contribution in [-0.4, -0.2) is 33.3 Å². The lowest BCUT2D eigenvalue weighted by atomic mass is 9.93. The summed E-state index contributed by atoms with van der Waals surface area (Å²) in [4.78, 5) is 28.8. The highest BCUT2D eigenvalue weighted by Gasteiger charge is 2.26. The Morgan fingerprint density at radius 3 is 2.60 bits per heavy atom. The van der Waals surface area contributed by atoms with Crippen molar-refractivity contribution in [2.24, 2.45) is 0 Å². The number of aromatic nitrogens is 1. The Morgan fingerprint density at radius 1 is 1.12 bits per heavy atom. The zero-order valence-electron chi connectivity index (χ0n) is 26.2. The van der Waals surface area contributed by atoms with Crippen LogP contribution in [-0.2, 0) is 17.9 Å². The van der Waals surface area contributed by atoms with Gasteiger partial charge in [0.25, 0.3) is 5.56 Å². The molecule has 3 aromatic rings. The molecule has 0 saturated heterocycles. The fraction of sp³-hybridized carbons (Fsp3) is 0.405. The first-order valence-electron chi connectivity index (χ1n) is 15.5. The van der Waals surface area contributed by atoms with Crippen molar-refractivity contribution in [2.45, 2.75) is 90.9 Å². The van der Waals surface area contributed by atoms with Crippen molar-refractivity contribution < 1.29 is 14.6 Å². The Hall–Kier alpha value is -3.90. The van der Waals surface area contributed by atoms with Gasteiger partial charge in [0, 0.05) is 23.7 Å². The average molecular weight is 581 g/mol. The van der Waals surface area contributed by atoms with E-state index >= 15 is 0 Å². The number of fused-ring (bicyclic) bond motifs is 1. The van der Waals surface area contributed by atoms with Crippen LogP contribution in [0, 0.1) is 0 Å². The Morgan fingerprint density at radius 2 is 1.91 bits per heavy atom. The first-order valence-corrected chi connectivity index (χ1v) is 15.5. The second-order valence-electron chi connectivity index (χ2n) is 12.8. The number of allylic oxidation sites excluding steroid dienone is 6. The number of carbonyl (C=O) groups is 1. The number of carbonyl (C=O) groups excluding carboxylic acids is 1. The summed E-state index contributed by atoms with van der Waals surface area (Å²) in [5.41, 5.74) is 5.56. The van der Waals surface area contributed by atoms with Crippen molar-refractivity contribution in [2.75, 3.05) is 7.05 Å². The second kappa shape index (κ2) is 12.8. The fourth-order valence-corrected chi connectivity index (χ4v) is 5.82. The van der Waals surface area contributed by atoms with Gasteiger partial charge in [-0.3, -0.25) is 9.36 Å². The molecule has 1 saturated carbocycles. The van der Waals surface area contributed by atoms with Gasteiger partial charge in [-0.25, -0.2) is 4.79 Å². The van der Waals surface area contributed by atoms with Gasteiger partial charge in [0.2, 0.25) is 0 Å². The SMILES string of the molecule is CCCC1=C/CC/C=C/C(c2cccc(-n3c(CN(C)C(=O)OC(C)(C)C)cc4cc(C5CC5)ccc4c3=O)c2CO)=C\1. The number of hydrogen-bond acceptors (Lipinski definition) is 4. The average Bonchev–Trinajstić information content (AvgIpc) is 3.79. The first-order chi connectivity index (χ1) is 20.6. The highest BCUT2D eigenvalue weighted by Crippen LogP contribution is 2.41. The van der Waals surface area contributed by atoms with Crippen molar-refractivity contribution in [1.29, 1.82) is 0 Å². The molecule has 0 atom stereocenters. The van der Waals surface area contributed by atoms with Crippen molar-refractivity contribution >= 4 is 22.4 Å². The van der Waals surface area contributed by atoms with Crippen LogP contribution in [0.1, 0.15) is 94.5 Å². The largest absolute Gasteiger partial charge is 0.444 e. The summed E-state index contributed by atoms with van der Waals surface area (Å²) in [5, 5.41) is 12.3. The maximum absolute atomic E-state index is 14.3. The van der Waals surface area contributed by atoms with E-state index in [9.17, 15) is 14.7 Å². The second-order valence-corrected chi connectivity index (χ2v) is 12.8. The van der Waals surface area contributed by atoms with Crippen molar-refractivity contribution in [3.8, 4) is 5.69 Å². The summed E-state index contributed by atoms with van der Waals surface area (Å²) in [6, 6.07) is 13.9. The molecule has 1 amide bonds. The predicted octanol–water partition coefficient (Wildman–Crippen LogP) is 8.19. The van der Waals surface area contributed by atoms with Crippen LogP contribution >= 0.6 is 0 Å².